The molecule has 4 atom stereocenters. The van der Waals surface area contributed by atoms with Crippen LogP contribution in [-0.2, 0) is 69.5 Å². The van der Waals surface area contributed by atoms with Gasteiger partial charge in [0, 0.05) is 33.6 Å². The van der Waals surface area contributed by atoms with Crippen LogP contribution in [0.15, 0.2) is 60.7 Å². The van der Waals surface area contributed by atoms with E-state index in [4.69, 9.17) is 32.5 Å². The van der Waals surface area contributed by atoms with Crippen molar-refractivity contribution < 1.29 is 56.3 Å². The second-order valence-corrected chi connectivity index (χ2v) is 10.9. The summed E-state index contributed by atoms with van der Waals surface area (Å²) in [5.74, 6) is -3.38. The van der Waals surface area contributed by atoms with Crippen LogP contribution in [-0.4, -0.2) is 54.9 Å². The van der Waals surface area contributed by atoms with Crippen LogP contribution in [0.2, 0.25) is 0 Å². The summed E-state index contributed by atoms with van der Waals surface area (Å²) in [7, 11) is -3.43. The third-order valence-corrected chi connectivity index (χ3v) is 7.46. The van der Waals surface area contributed by atoms with Gasteiger partial charge in [-0.15, -0.1) is 0 Å². The lowest BCUT2D eigenvalue weighted by Gasteiger charge is -2.44. The Labute approximate surface area is 237 Å². The average Bonchev–Trinajstić information content (AvgIpc) is 2.92. The Hall–Kier alpha value is -3.57. The fraction of sp³-hybridized carbons (Fsp3) is 0.429. The Morgan fingerprint density at radius 2 is 1.24 bits per heavy atom. The van der Waals surface area contributed by atoms with Gasteiger partial charge in [-0.25, -0.2) is 9.36 Å². The molecule has 0 spiro atoms. The van der Waals surface area contributed by atoms with Crippen molar-refractivity contribution >= 4 is 31.7 Å². The van der Waals surface area contributed by atoms with Gasteiger partial charge < -0.3 is 18.9 Å². The molecule has 0 aromatic heterocycles. The van der Waals surface area contributed by atoms with Crippen molar-refractivity contribution in [2.24, 2.45) is 0 Å². The van der Waals surface area contributed by atoms with Crippen LogP contribution < -0.4 is 0 Å². The van der Waals surface area contributed by atoms with E-state index in [0.29, 0.717) is 11.1 Å². The number of rotatable bonds is 12. The Bertz CT molecular complexity index is 1200. The van der Waals surface area contributed by atoms with Crippen molar-refractivity contribution in [1.82, 2.24) is 0 Å². The van der Waals surface area contributed by atoms with Crippen molar-refractivity contribution in [3.05, 3.63) is 71.8 Å². The molecule has 1 fully saturated rings. The average molecular weight is 593 g/mol. The topological polar surface area (TPSA) is 150 Å². The largest absolute Gasteiger partial charge is 0.475 e. The van der Waals surface area contributed by atoms with E-state index in [1.54, 1.807) is 60.7 Å². The number of phosphoric ester groups is 1. The van der Waals surface area contributed by atoms with E-state index in [2.05, 4.69) is 0 Å². The van der Waals surface area contributed by atoms with Gasteiger partial charge in [0.1, 0.15) is 12.2 Å². The van der Waals surface area contributed by atoms with Gasteiger partial charge in [-0.3, -0.25) is 28.0 Å². The summed E-state index contributed by atoms with van der Waals surface area (Å²) in [5, 5.41) is 0. The molecule has 41 heavy (non-hydrogen) atoms. The Morgan fingerprint density at radius 3 is 1.68 bits per heavy atom. The summed E-state index contributed by atoms with van der Waals surface area (Å²) in [6.07, 6.45) is -5.11. The van der Waals surface area contributed by atoms with E-state index in [1.165, 1.54) is 0 Å². The molecule has 2 aromatic carbocycles. The van der Waals surface area contributed by atoms with Gasteiger partial charge in [0.25, 0.3) is 0 Å². The Morgan fingerprint density at radius 1 is 0.756 bits per heavy atom. The van der Waals surface area contributed by atoms with Crippen molar-refractivity contribution in [3.63, 3.8) is 0 Å². The molecule has 0 heterocycles. The van der Waals surface area contributed by atoms with E-state index in [9.17, 15) is 23.7 Å². The number of carbonyl (C=O) groups is 4. The first-order chi connectivity index (χ1) is 19.4. The second kappa shape index (κ2) is 14.4. The molecule has 0 amide bonds. The normalized spacial score (nSPS) is 22.3. The lowest BCUT2D eigenvalue weighted by Crippen LogP contribution is -2.60. The maximum Gasteiger partial charge on any atom is 0.475 e. The highest BCUT2D eigenvalue weighted by Gasteiger charge is 2.58. The molecule has 0 unspecified atom stereocenters. The van der Waals surface area contributed by atoms with Crippen LogP contribution in [0.1, 0.15) is 44.7 Å². The first-order valence-electron chi connectivity index (χ1n) is 12.7. The van der Waals surface area contributed by atoms with Gasteiger partial charge in [0.05, 0.1) is 20.3 Å². The van der Waals surface area contributed by atoms with Crippen LogP contribution in [0.5, 0.6) is 0 Å². The third kappa shape index (κ3) is 9.22. The molecule has 0 aliphatic heterocycles. The highest BCUT2D eigenvalue weighted by molar-refractivity contribution is 7.48. The predicted molar refractivity (Wildman–Crippen MR) is 142 cm³/mol. The molecule has 222 valence electrons. The van der Waals surface area contributed by atoms with Gasteiger partial charge in [-0.2, -0.15) is 0 Å². The predicted octanol–water partition coefficient (Wildman–Crippen LogP) is 4.05. The number of methoxy groups -OCH3 is 1. The van der Waals surface area contributed by atoms with Crippen molar-refractivity contribution in [3.8, 4) is 0 Å². The Balaban J connectivity index is 2.02. The summed E-state index contributed by atoms with van der Waals surface area (Å²) in [6, 6.07) is 17.6. The van der Waals surface area contributed by atoms with Crippen molar-refractivity contribution in [1.29, 1.82) is 0 Å². The van der Waals surface area contributed by atoms with Gasteiger partial charge in [-0.05, 0) is 11.1 Å². The summed E-state index contributed by atoms with van der Waals surface area (Å²) >= 11 is 0. The highest BCUT2D eigenvalue weighted by atomic mass is 31.2. The van der Waals surface area contributed by atoms with Crippen molar-refractivity contribution in [2.45, 2.75) is 70.7 Å². The van der Waals surface area contributed by atoms with Gasteiger partial charge >= 0.3 is 31.7 Å². The molecule has 13 heteroatoms. The molecule has 3 rings (SSSR count). The molecule has 1 aliphatic carbocycles. The zero-order chi connectivity index (χ0) is 30.0. The summed E-state index contributed by atoms with van der Waals surface area (Å²) in [4.78, 5) is 49.1. The minimum atomic E-state index is -4.51. The van der Waals surface area contributed by atoms with E-state index in [-0.39, 0.29) is 13.2 Å². The van der Waals surface area contributed by atoms with Crippen LogP contribution in [0, 0.1) is 0 Å². The van der Waals surface area contributed by atoms with Gasteiger partial charge in [0.2, 0.25) is 5.60 Å². The summed E-state index contributed by atoms with van der Waals surface area (Å²) < 4.78 is 52.5. The van der Waals surface area contributed by atoms with E-state index in [0.717, 1.165) is 27.9 Å². The van der Waals surface area contributed by atoms with Gasteiger partial charge in [-0.1, -0.05) is 60.7 Å². The monoisotopic (exact) mass is 592 g/mol. The number of hydrogen-bond acceptors (Lipinski definition) is 12. The number of benzene rings is 2. The number of carbonyl (C=O) groups excluding carboxylic acids is 4. The van der Waals surface area contributed by atoms with Crippen LogP contribution in [0.25, 0.3) is 0 Å². The Kier molecular flexibility index (Phi) is 11.2. The molecule has 2 aromatic rings. The molecule has 0 bridgehead atoms. The summed E-state index contributed by atoms with van der Waals surface area (Å²) in [6.45, 7) is 2.94. The molecule has 0 radical (unpaired) electrons. The number of esters is 4. The van der Waals surface area contributed by atoms with E-state index in [1.807, 2.05) is 0 Å². The number of phosphoric acid groups is 1. The molecule has 1 aliphatic rings. The van der Waals surface area contributed by atoms with Crippen LogP contribution in [0.4, 0.5) is 0 Å². The van der Waals surface area contributed by atoms with Crippen molar-refractivity contribution in [2.75, 3.05) is 7.11 Å². The molecule has 12 nitrogen and oxygen atoms in total. The number of ether oxygens (including phenoxy) is 4. The lowest BCUT2D eigenvalue weighted by molar-refractivity contribution is -0.215. The minimum absolute atomic E-state index is 0.183. The van der Waals surface area contributed by atoms with Crippen LogP contribution >= 0.6 is 7.82 Å². The zero-order valence-electron chi connectivity index (χ0n) is 23.2. The molecular formula is C28H33O12P. The lowest BCUT2D eigenvalue weighted by atomic mass is 9.79. The SMILES string of the molecule is COC(=O)[C@@]1(OC(C)=O)C[C@@H](OC(C)=O)[C@H](OC(C)=O)[C@H](OP(=O)(OCc2ccccc2)OCc2ccccc2)C1. The highest BCUT2D eigenvalue weighted by Crippen LogP contribution is 2.55. The first-order valence-corrected chi connectivity index (χ1v) is 14.2. The first kappa shape index (κ1) is 32.0. The minimum Gasteiger partial charge on any atom is -0.466 e. The quantitative estimate of drug-likeness (QED) is 0.199. The second-order valence-electron chi connectivity index (χ2n) is 9.32. The maximum absolute atomic E-state index is 14.1. The summed E-state index contributed by atoms with van der Waals surface area (Å²) in [5.41, 5.74) is -0.728. The maximum atomic E-state index is 14.1. The van der Waals surface area contributed by atoms with Gasteiger partial charge in [0.15, 0.2) is 6.10 Å². The number of hydrogen-bond donors (Lipinski definition) is 0. The van der Waals surface area contributed by atoms with E-state index < -0.39 is 68.5 Å². The molecule has 0 saturated heterocycles. The molecular weight excluding hydrogens is 559 g/mol. The fourth-order valence-electron chi connectivity index (χ4n) is 4.44. The molecule has 0 N–H and O–H groups in total. The molecule has 1 saturated carbocycles. The smallest absolute Gasteiger partial charge is 0.466 e. The fourth-order valence-corrected chi connectivity index (χ4v) is 5.78. The van der Waals surface area contributed by atoms with E-state index >= 15 is 0 Å². The zero-order valence-corrected chi connectivity index (χ0v) is 24.1. The standard InChI is InChI=1S/C28H33O12P/c1-19(29)37-24-15-28(27(32)34-4,39-21(3)31)16-25(26(24)38-20(2)30)40-41(33,35-17-22-11-7-5-8-12-22)36-18-23-13-9-6-10-14-23/h5-14,24-26H,15-18H2,1-4H3/t24-,25-,26+,28-/m1/s1. The van der Waals surface area contributed by atoms with Crippen LogP contribution in [0.3, 0.4) is 0 Å². The third-order valence-electron chi connectivity index (χ3n) is 6.04.